The first kappa shape index (κ1) is 26.9. The van der Waals surface area contributed by atoms with Gasteiger partial charge < -0.3 is 20.1 Å². The Morgan fingerprint density at radius 3 is 2.41 bits per heavy atom. The van der Waals surface area contributed by atoms with Crippen molar-refractivity contribution in [3.8, 4) is 28.1 Å². The largest absolute Gasteiger partial charge is 0.494 e. The molecule has 7 nitrogen and oxygen atoms in total. The quantitative estimate of drug-likeness (QED) is 0.198. The van der Waals surface area contributed by atoms with E-state index < -0.39 is 5.60 Å². The zero-order valence-electron chi connectivity index (χ0n) is 23.2. The summed E-state index contributed by atoms with van der Waals surface area (Å²) >= 11 is 0. The van der Waals surface area contributed by atoms with Gasteiger partial charge in [-0.15, -0.1) is 0 Å². The summed E-state index contributed by atoms with van der Waals surface area (Å²) < 4.78 is 6.00. The number of aliphatic hydroxyl groups is 1. The molecular weight excluding hydrogens is 462 g/mol. The number of fused-ring (bicyclic) bond motifs is 1. The van der Waals surface area contributed by atoms with E-state index in [2.05, 4.69) is 67.2 Å². The number of nitrogens with one attached hydrogen (secondary N) is 3. The highest BCUT2D eigenvalue weighted by molar-refractivity contribution is 5.94. The van der Waals surface area contributed by atoms with Crippen LogP contribution in [0, 0.1) is 12.3 Å². The molecule has 198 valence electrons. The molecule has 0 bridgehead atoms. The van der Waals surface area contributed by atoms with Gasteiger partial charge in [-0.05, 0) is 87.0 Å². The van der Waals surface area contributed by atoms with Gasteiger partial charge in [0.15, 0.2) is 0 Å². The Bertz CT molecular complexity index is 1310. The first-order valence-electron chi connectivity index (χ1n) is 13.1. The van der Waals surface area contributed by atoms with E-state index in [0.29, 0.717) is 19.1 Å². The number of H-pyrrole nitrogens is 2. The van der Waals surface area contributed by atoms with E-state index in [1.54, 1.807) is 6.20 Å². The minimum Gasteiger partial charge on any atom is -0.494 e. The van der Waals surface area contributed by atoms with Crippen molar-refractivity contribution in [2.75, 3.05) is 13.2 Å². The maximum Gasteiger partial charge on any atom is 0.138 e. The molecule has 0 fully saturated rings. The third-order valence-electron chi connectivity index (χ3n) is 7.09. The molecule has 4 rings (SSSR count). The summed E-state index contributed by atoms with van der Waals surface area (Å²) in [6.07, 6.45) is 7.00. The van der Waals surface area contributed by atoms with E-state index in [4.69, 9.17) is 9.72 Å². The van der Waals surface area contributed by atoms with Crippen molar-refractivity contribution in [3.63, 3.8) is 0 Å². The van der Waals surface area contributed by atoms with Gasteiger partial charge in [-0.2, -0.15) is 5.10 Å². The number of nitrogens with zero attached hydrogens (tertiary/aromatic N) is 2. The van der Waals surface area contributed by atoms with Crippen molar-refractivity contribution in [2.45, 2.75) is 73.0 Å². The van der Waals surface area contributed by atoms with Gasteiger partial charge in [0.2, 0.25) is 0 Å². The van der Waals surface area contributed by atoms with Crippen LogP contribution in [0.25, 0.3) is 33.4 Å². The first-order chi connectivity index (χ1) is 17.4. The summed E-state index contributed by atoms with van der Waals surface area (Å²) in [4.78, 5) is 8.25. The summed E-state index contributed by atoms with van der Waals surface area (Å²) in [6, 6.07) is 8.62. The molecule has 4 aromatic rings. The molecule has 3 aromatic heterocycles. The minimum absolute atomic E-state index is 0.248. The summed E-state index contributed by atoms with van der Waals surface area (Å²) in [5.74, 6) is 0.851. The molecule has 1 atom stereocenters. The normalized spacial score (nSPS) is 13.3. The van der Waals surface area contributed by atoms with Gasteiger partial charge in [-0.3, -0.25) is 5.10 Å². The fourth-order valence-corrected chi connectivity index (χ4v) is 4.54. The number of ether oxygens (including phenoxy) is 1. The molecule has 7 heteroatoms. The second-order valence-electron chi connectivity index (χ2n) is 11.7. The molecule has 1 unspecified atom stereocenters. The highest BCUT2D eigenvalue weighted by Gasteiger charge is 2.24. The van der Waals surface area contributed by atoms with Gasteiger partial charge >= 0.3 is 0 Å². The number of hydrogen-bond donors (Lipinski definition) is 4. The summed E-state index contributed by atoms with van der Waals surface area (Å²) in [5, 5.41) is 22.4. The SMILES string of the molecule is Cc1c(-c2cn[nH]c2)cnc2[nH]c(-c3ccc(OCCCNC(C)C(C)(C)C)cc3)c(CC(C)(C)O)c12. The van der Waals surface area contributed by atoms with Crippen LogP contribution in [0.3, 0.4) is 0 Å². The Hall–Kier alpha value is -3.16. The number of benzene rings is 1. The van der Waals surface area contributed by atoms with Crippen LogP contribution in [-0.4, -0.2) is 50.1 Å². The Morgan fingerprint density at radius 2 is 1.78 bits per heavy atom. The third kappa shape index (κ3) is 6.40. The van der Waals surface area contributed by atoms with E-state index in [1.165, 1.54) is 0 Å². The molecule has 0 radical (unpaired) electrons. The van der Waals surface area contributed by atoms with Gasteiger partial charge in [0.1, 0.15) is 11.4 Å². The number of aromatic nitrogens is 4. The zero-order valence-corrected chi connectivity index (χ0v) is 23.2. The van der Waals surface area contributed by atoms with E-state index in [0.717, 1.165) is 63.3 Å². The highest BCUT2D eigenvalue weighted by Crippen LogP contribution is 2.37. The van der Waals surface area contributed by atoms with Gasteiger partial charge in [-0.25, -0.2) is 4.98 Å². The Kier molecular flexibility index (Phi) is 7.76. The predicted octanol–water partition coefficient (Wildman–Crippen LogP) is 6.03. The average Bonchev–Trinajstić information content (AvgIpc) is 3.47. The molecule has 0 amide bonds. The lowest BCUT2D eigenvalue weighted by Gasteiger charge is -2.28. The van der Waals surface area contributed by atoms with Crippen LogP contribution in [0.4, 0.5) is 0 Å². The average molecular weight is 504 g/mol. The van der Waals surface area contributed by atoms with Crippen LogP contribution in [0.15, 0.2) is 42.9 Å². The molecule has 4 N–H and O–H groups in total. The highest BCUT2D eigenvalue weighted by atomic mass is 16.5. The van der Waals surface area contributed by atoms with Gasteiger partial charge in [0.25, 0.3) is 0 Å². The predicted molar refractivity (Wildman–Crippen MR) is 151 cm³/mol. The van der Waals surface area contributed by atoms with Crippen molar-refractivity contribution in [1.82, 2.24) is 25.5 Å². The lowest BCUT2D eigenvalue weighted by atomic mass is 9.88. The second kappa shape index (κ2) is 10.7. The molecule has 0 saturated carbocycles. The molecule has 0 aliphatic rings. The summed E-state index contributed by atoms with van der Waals surface area (Å²) in [6.45, 7) is 16.4. The van der Waals surface area contributed by atoms with Crippen LogP contribution >= 0.6 is 0 Å². The van der Waals surface area contributed by atoms with Crippen molar-refractivity contribution in [1.29, 1.82) is 0 Å². The molecule has 37 heavy (non-hydrogen) atoms. The second-order valence-corrected chi connectivity index (χ2v) is 11.7. The van der Waals surface area contributed by atoms with Crippen molar-refractivity contribution in [2.24, 2.45) is 5.41 Å². The molecule has 0 aliphatic carbocycles. The Morgan fingerprint density at radius 1 is 1.05 bits per heavy atom. The number of pyridine rings is 1. The summed E-state index contributed by atoms with van der Waals surface area (Å²) in [7, 11) is 0. The minimum atomic E-state index is -0.871. The third-order valence-corrected chi connectivity index (χ3v) is 7.09. The summed E-state index contributed by atoms with van der Waals surface area (Å²) in [5.41, 5.74) is 6.40. The van der Waals surface area contributed by atoms with E-state index in [9.17, 15) is 5.11 Å². The number of hydrogen-bond acceptors (Lipinski definition) is 5. The standard InChI is InChI=1S/C30H41N5O2/c1-19-25(22-16-33-34-17-22)18-32-28-26(19)24(15-30(6,7)36)27(35-28)21-9-11-23(12-10-21)37-14-8-13-31-20(2)29(3,4)5/h9-12,16-18,20,31,36H,8,13-15H2,1-7H3,(H,32,35)(H,33,34). The maximum atomic E-state index is 10.8. The van der Waals surface area contributed by atoms with Crippen LogP contribution in [0.1, 0.15) is 59.1 Å². The molecule has 1 aromatic carbocycles. The van der Waals surface area contributed by atoms with Crippen molar-refractivity contribution >= 4 is 11.0 Å². The van der Waals surface area contributed by atoms with Gasteiger partial charge in [-0.1, -0.05) is 20.8 Å². The Labute approximate surface area is 220 Å². The molecule has 0 spiro atoms. The monoisotopic (exact) mass is 503 g/mol. The van der Waals surface area contributed by atoms with Crippen LogP contribution in [0.5, 0.6) is 5.75 Å². The molecule has 3 heterocycles. The smallest absolute Gasteiger partial charge is 0.138 e. The Balaban J connectivity index is 1.55. The number of rotatable bonds is 10. The fraction of sp³-hybridized carbons (Fsp3) is 0.467. The van der Waals surface area contributed by atoms with Crippen LogP contribution < -0.4 is 10.1 Å². The van der Waals surface area contributed by atoms with Gasteiger partial charge in [0.05, 0.1) is 24.1 Å². The molecule has 0 aliphatic heterocycles. The van der Waals surface area contributed by atoms with Gasteiger partial charge in [0, 0.05) is 41.4 Å². The molecule has 0 saturated heterocycles. The van der Waals surface area contributed by atoms with E-state index >= 15 is 0 Å². The van der Waals surface area contributed by atoms with E-state index in [1.807, 2.05) is 38.4 Å². The first-order valence-corrected chi connectivity index (χ1v) is 13.1. The molecular formula is C30H41N5O2. The number of aromatic amines is 2. The zero-order chi connectivity index (χ0) is 26.8. The number of aryl methyl sites for hydroxylation is 1. The van der Waals surface area contributed by atoms with Crippen LogP contribution in [0.2, 0.25) is 0 Å². The van der Waals surface area contributed by atoms with Crippen molar-refractivity contribution in [3.05, 3.63) is 54.0 Å². The lowest BCUT2D eigenvalue weighted by Crippen LogP contribution is -2.38. The van der Waals surface area contributed by atoms with E-state index in [-0.39, 0.29) is 5.41 Å². The maximum absolute atomic E-state index is 10.8. The topological polar surface area (TPSA) is 98.9 Å². The van der Waals surface area contributed by atoms with Crippen molar-refractivity contribution < 1.29 is 9.84 Å². The fourth-order valence-electron chi connectivity index (χ4n) is 4.54. The van der Waals surface area contributed by atoms with Crippen LogP contribution in [-0.2, 0) is 6.42 Å². The lowest BCUT2D eigenvalue weighted by molar-refractivity contribution is 0.0814.